The number of nitrogens with one attached hydrogen (secondary N) is 10. The number of anilines is 1. The lowest BCUT2D eigenvalue weighted by atomic mass is 9.85. The number of para-hydroxylation sites is 1. The predicted octanol–water partition coefficient (Wildman–Crippen LogP) is -0.177. The van der Waals surface area contributed by atoms with E-state index in [4.69, 9.17) is 0 Å². The zero-order valence-corrected chi connectivity index (χ0v) is 56.0. The predicted molar refractivity (Wildman–Crippen MR) is 352 cm³/mol. The number of Topliss-reactive ketones (excluding diaryl/α,β-unsaturated/α-hetero) is 2. The number of thioether (sulfide) groups is 2. The van der Waals surface area contributed by atoms with Gasteiger partial charge < -0.3 is 78.0 Å². The van der Waals surface area contributed by atoms with Crippen molar-refractivity contribution in [3.63, 3.8) is 0 Å². The summed E-state index contributed by atoms with van der Waals surface area (Å²) < 4.78 is 0. The van der Waals surface area contributed by atoms with E-state index in [1.807, 2.05) is 6.26 Å². The van der Waals surface area contributed by atoms with Gasteiger partial charge in [-0.05, 0) is 60.8 Å². The van der Waals surface area contributed by atoms with Crippen LogP contribution in [0.3, 0.4) is 0 Å². The maximum atomic E-state index is 15.1. The Labute approximate surface area is 558 Å². The number of rotatable bonds is 19. The van der Waals surface area contributed by atoms with Gasteiger partial charge in [-0.1, -0.05) is 78.0 Å². The standard InChI is InChI=1S/C65H88N12O16S2/c1-9-33(4)57-62(91)68-27-53(85)71-45-31-95-64-43(42-12-10-11-13-44(42)72-64)20-38(60(89)67-28-54(86)74-57)21-48(81)58(34(5)49(82)30-78)75-61(90)46-24-41(79)29-77(46)65(93)39(22-47(45)80)23-52(84)66-26-37-14-16-40(17-15-37)70-59(88)35(6)69-63(92)56(32(2)3)73-51(83)18-19-76-36(7)50(94-8)25-55(76)87/h10-17,32-35,38-39,41,45-46,49-50,56-58,72,78-79,82H,7,9,18-31H2,1-6,8H3,(H,66,84)(H,67,89)(H,68,91)(H,69,92)(H,70,88)(H,71,85)(H,73,83)(H,74,86)(H,75,90)/t33-,34-,35-,38-,39-,41+,45-,46-,49-,50?,56?,57-,58-/m0/s1. The fourth-order valence-electron chi connectivity index (χ4n) is 11.9. The number of aliphatic hydroxyl groups is 3. The molecule has 4 aliphatic heterocycles. The van der Waals surface area contributed by atoms with Crippen LogP contribution < -0.4 is 47.9 Å². The van der Waals surface area contributed by atoms with Crippen LogP contribution >= 0.6 is 23.5 Å². The average molecular weight is 1360 g/mol. The van der Waals surface area contributed by atoms with E-state index in [0.717, 1.165) is 16.7 Å². The topological polar surface area (TPSA) is 413 Å². The molecular weight excluding hydrogens is 1270 g/mol. The van der Waals surface area contributed by atoms with Crippen LogP contribution in [0.4, 0.5) is 5.69 Å². The lowest BCUT2D eigenvalue weighted by Crippen LogP contribution is -2.56. The highest BCUT2D eigenvalue weighted by atomic mass is 32.2. The van der Waals surface area contributed by atoms with Crippen LogP contribution in [0.1, 0.15) is 97.6 Å². The van der Waals surface area contributed by atoms with Crippen molar-refractivity contribution in [2.75, 3.05) is 50.1 Å². The van der Waals surface area contributed by atoms with E-state index in [1.54, 1.807) is 76.2 Å². The van der Waals surface area contributed by atoms with Gasteiger partial charge in [0, 0.05) is 98.0 Å². The van der Waals surface area contributed by atoms with Gasteiger partial charge in [0.15, 0.2) is 11.6 Å². The molecule has 2 unspecified atom stereocenters. The Kier molecular flexibility index (Phi) is 26.5. The van der Waals surface area contributed by atoms with E-state index in [-0.39, 0.29) is 55.2 Å². The van der Waals surface area contributed by atoms with Crippen molar-refractivity contribution in [1.82, 2.24) is 57.3 Å². The third-order valence-electron chi connectivity index (χ3n) is 17.8. The van der Waals surface area contributed by atoms with Gasteiger partial charge in [-0.3, -0.25) is 62.3 Å². The summed E-state index contributed by atoms with van der Waals surface area (Å²) in [6.07, 6.45) is -3.03. The van der Waals surface area contributed by atoms with Crippen molar-refractivity contribution < 1.29 is 77.6 Å². The van der Waals surface area contributed by atoms with Crippen molar-refractivity contribution in [3.05, 3.63) is 71.9 Å². The third kappa shape index (κ3) is 19.5. The minimum atomic E-state index is -1.63. The highest BCUT2D eigenvalue weighted by molar-refractivity contribution is 7.99. The molecule has 4 aliphatic rings. The quantitative estimate of drug-likeness (QED) is 0.0740. The van der Waals surface area contributed by atoms with E-state index < -0.39 is 188 Å². The number of fused-ring (bicyclic) bond motifs is 5. The number of ketones is 2. The van der Waals surface area contributed by atoms with Gasteiger partial charge in [0.25, 0.3) is 0 Å². The van der Waals surface area contributed by atoms with Crippen LogP contribution in [0.25, 0.3) is 10.9 Å². The number of amides is 11. The van der Waals surface area contributed by atoms with Gasteiger partial charge in [0.2, 0.25) is 65.0 Å². The number of hydrogen-bond acceptors (Lipinski definition) is 18. The second-order valence-electron chi connectivity index (χ2n) is 25.1. The largest absolute Gasteiger partial charge is 0.394 e. The van der Waals surface area contributed by atoms with Crippen molar-refractivity contribution in [3.8, 4) is 0 Å². The molecule has 13 atom stereocenters. The first-order valence-corrected chi connectivity index (χ1v) is 34.2. The fraction of sp³-hybridized carbons (Fsp3) is 0.554. The smallest absolute Gasteiger partial charge is 0.246 e. The van der Waals surface area contributed by atoms with E-state index in [9.17, 15) is 68.1 Å². The molecule has 5 heterocycles. The Morgan fingerprint density at radius 1 is 0.789 bits per heavy atom. The molecule has 2 fully saturated rings. The summed E-state index contributed by atoms with van der Waals surface area (Å²) in [5, 5.41) is 57.1. The summed E-state index contributed by atoms with van der Waals surface area (Å²) in [5.74, 6) is -14.3. The van der Waals surface area contributed by atoms with Crippen molar-refractivity contribution in [2.45, 2.75) is 158 Å². The van der Waals surface area contributed by atoms with Crippen LogP contribution in [0, 0.1) is 29.6 Å². The Morgan fingerprint density at radius 3 is 2.14 bits per heavy atom. The van der Waals surface area contributed by atoms with Crippen molar-refractivity contribution >= 4 is 117 Å². The minimum Gasteiger partial charge on any atom is -0.394 e. The average Bonchev–Trinajstić information content (AvgIpc) is 1.69. The summed E-state index contributed by atoms with van der Waals surface area (Å²) >= 11 is 2.56. The highest BCUT2D eigenvalue weighted by Crippen LogP contribution is 2.35. The number of H-pyrrole nitrogens is 1. The molecular formula is C65H88N12O16S2. The van der Waals surface area contributed by atoms with E-state index >= 15 is 9.59 Å². The summed E-state index contributed by atoms with van der Waals surface area (Å²) in [5.41, 5.74) is 2.53. The van der Waals surface area contributed by atoms with Crippen LogP contribution in [0.2, 0.25) is 0 Å². The Bertz CT molecular complexity index is 3400. The van der Waals surface area contributed by atoms with Crippen molar-refractivity contribution in [2.24, 2.45) is 29.6 Å². The van der Waals surface area contributed by atoms with Gasteiger partial charge >= 0.3 is 0 Å². The second-order valence-corrected chi connectivity index (χ2v) is 27.2. The number of carbonyl (C=O) groups excluding carboxylic acids is 13. The van der Waals surface area contributed by atoms with Crippen molar-refractivity contribution in [1.29, 1.82) is 0 Å². The number of carbonyl (C=O) groups is 13. The lowest BCUT2D eigenvalue weighted by molar-refractivity contribution is -0.145. The summed E-state index contributed by atoms with van der Waals surface area (Å²) in [6.45, 7) is 11.1. The summed E-state index contributed by atoms with van der Waals surface area (Å²) in [4.78, 5) is 188. The van der Waals surface area contributed by atoms with Gasteiger partial charge in [0.05, 0.1) is 60.2 Å². The molecule has 516 valence electrons. The first kappa shape index (κ1) is 74.2. The highest BCUT2D eigenvalue weighted by Gasteiger charge is 2.45. The number of likely N-dealkylation sites (tertiary alicyclic amines) is 1. The molecule has 2 aromatic carbocycles. The van der Waals surface area contributed by atoms with E-state index in [2.05, 4.69) is 59.4 Å². The molecule has 2 saturated heterocycles. The van der Waals surface area contributed by atoms with Gasteiger partial charge in [-0.25, -0.2) is 0 Å². The molecule has 95 heavy (non-hydrogen) atoms. The van der Waals surface area contributed by atoms with Gasteiger partial charge in [-0.2, -0.15) is 11.8 Å². The molecule has 0 saturated carbocycles. The number of hydrogen-bond donors (Lipinski definition) is 13. The zero-order valence-electron chi connectivity index (χ0n) is 54.4. The normalized spacial score (nSPS) is 24.6. The monoisotopic (exact) mass is 1360 g/mol. The summed E-state index contributed by atoms with van der Waals surface area (Å²) in [6, 6.07) is 5.39. The lowest BCUT2D eigenvalue weighted by Gasteiger charge is -2.32. The fourth-order valence-corrected chi connectivity index (χ4v) is 13.7. The molecule has 0 radical (unpaired) electrons. The molecule has 0 spiro atoms. The Morgan fingerprint density at radius 2 is 1.47 bits per heavy atom. The first-order valence-electron chi connectivity index (χ1n) is 31.9. The molecule has 1 aromatic heterocycles. The first-order chi connectivity index (χ1) is 45.1. The Balaban J connectivity index is 1.13. The SMILES string of the molecule is C=C1C(SC)CC(=O)N1CCC(=O)NC(C(=O)N[C@@H](C)C(=O)Nc1ccc(CNC(=O)C[C@@H]2CC(=O)[C@@H]3CSc4[nH]c5ccccc5c4C[C@@H](CC(=O)[C@H]([C@@H](C)[C@@H](O)CO)NC(=O)[C@@H]4C[C@@H](O)CN4C2=O)C(=O)NCC(=O)N[C@@H]([C@@H](C)CC)C(=O)NCC(=O)N3)cc1)C(C)C. The maximum Gasteiger partial charge on any atom is 0.246 e. The third-order valence-corrected chi connectivity index (χ3v) is 20.0. The number of aromatic nitrogens is 1. The van der Waals surface area contributed by atoms with Crippen LogP contribution in [0.15, 0.2) is 65.8 Å². The number of nitrogens with zero attached hydrogens (tertiary/aromatic N) is 2. The van der Waals surface area contributed by atoms with E-state index in [0.29, 0.717) is 51.3 Å². The second kappa shape index (κ2) is 34.0. The Hall–Kier alpha value is -8.19. The van der Waals surface area contributed by atoms with Crippen LogP contribution in [-0.2, 0) is 75.3 Å². The zero-order chi connectivity index (χ0) is 69.5. The molecule has 28 nitrogen and oxygen atoms in total. The molecule has 11 amide bonds. The number of aliphatic hydroxyl groups excluding tert-OH is 3. The van der Waals surface area contributed by atoms with Crippen LogP contribution in [0.5, 0.6) is 0 Å². The van der Waals surface area contributed by atoms with Gasteiger partial charge in [0.1, 0.15) is 24.2 Å². The van der Waals surface area contributed by atoms with Gasteiger partial charge in [-0.15, -0.1) is 11.8 Å². The van der Waals surface area contributed by atoms with E-state index in [1.165, 1.54) is 30.5 Å². The minimum absolute atomic E-state index is 0.0660. The molecule has 7 rings (SSSR count). The van der Waals surface area contributed by atoms with Crippen LogP contribution in [-0.4, -0.2) is 205 Å². The number of aromatic amines is 1. The molecule has 3 aromatic rings. The summed E-state index contributed by atoms with van der Waals surface area (Å²) in [7, 11) is 0. The number of benzene rings is 2. The molecule has 2 bridgehead atoms. The molecule has 13 N–H and O–H groups in total. The maximum absolute atomic E-state index is 15.1. The molecule has 30 heteroatoms. The molecule has 0 aliphatic carbocycles.